The lowest BCUT2D eigenvalue weighted by Gasteiger charge is -2.08. The number of thioether (sulfide) groups is 1. The molecule has 0 bridgehead atoms. The normalized spacial score (nSPS) is 12.8. The maximum Gasteiger partial charge on any atom is 0.195 e. The summed E-state index contributed by atoms with van der Waals surface area (Å²) in [7, 11) is 1.66. The Morgan fingerprint density at radius 2 is 2.16 bits per heavy atom. The van der Waals surface area contributed by atoms with Crippen molar-refractivity contribution in [2.45, 2.75) is 5.16 Å². The first-order valence-corrected chi connectivity index (χ1v) is 7.02. The van der Waals surface area contributed by atoms with Crippen LogP contribution in [0.1, 0.15) is 17.0 Å². The fraction of sp³-hybridized carbons (Fsp3) is 0.143. The highest BCUT2D eigenvalue weighted by molar-refractivity contribution is 7.98. The standard InChI is InChI=1S/C14H13N3OS/c1-9-12-8-11(18-2)5-4-10(12)6-7-17-13(9)15-16-14(17)19-3/h4-8H,1H2,2-3H3. The molecule has 0 amide bonds. The van der Waals surface area contributed by atoms with E-state index in [9.17, 15) is 0 Å². The van der Waals surface area contributed by atoms with Gasteiger partial charge in [-0.1, -0.05) is 24.4 Å². The highest BCUT2D eigenvalue weighted by Crippen LogP contribution is 2.32. The third-order valence-electron chi connectivity index (χ3n) is 3.11. The van der Waals surface area contributed by atoms with Crippen molar-refractivity contribution in [3.63, 3.8) is 0 Å². The summed E-state index contributed by atoms with van der Waals surface area (Å²) < 4.78 is 7.23. The second kappa shape index (κ2) is 4.59. The van der Waals surface area contributed by atoms with Crippen LogP contribution in [-0.2, 0) is 0 Å². The van der Waals surface area contributed by atoms with Crippen LogP contribution in [0.4, 0.5) is 0 Å². The van der Waals surface area contributed by atoms with E-state index in [0.717, 1.165) is 33.4 Å². The van der Waals surface area contributed by atoms with Crippen molar-refractivity contribution in [3.05, 3.63) is 41.7 Å². The Morgan fingerprint density at radius 3 is 2.89 bits per heavy atom. The van der Waals surface area contributed by atoms with E-state index in [1.807, 2.05) is 41.3 Å². The molecule has 0 saturated heterocycles. The number of nitrogens with zero attached hydrogens (tertiary/aromatic N) is 3. The number of aromatic nitrogens is 3. The van der Waals surface area contributed by atoms with Gasteiger partial charge in [-0.05, 0) is 35.6 Å². The summed E-state index contributed by atoms with van der Waals surface area (Å²) in [6.45, 7) is 4.15. The second-order valence-electron chi connectivity index (χ2n) is 4.13. The minimum Gasteiger partial charge on any atom is -0.497 e. The van der Waals surface area contributed by atoms with Gasteiger partial charge < -0.3 is 4.74 Å². The van der Waals surface area contributed by atoms with Crippen LogP contribution in [0.5, 0.6) is 5.75 Å². The smallest absolute Gasteiger partial charge is 0.195 e. The highest BCUT2D eigenvalue weighted by atomic mass is 32.2. The molecule has 0 N–H and O–H groups in total. The summed E-state index contributed by atoms with van der Waals surface area (Å²) in [5.74, 6) is 1.58. The van der Waals surface area contributed by atoms with Crippen molar-refractivity contribution in [1.82, 2.24) is 14.8 Å². The average Bonchev–Trinajstić information content (AvgIpc) is 2.81. The largest absolute Gasteiger partial charge is 0.497 e. The molecule has 0 unspecified atom stereocenters. The minimum absolute atomic E-state index is 0.771. The van der Waals surface area contributed by atoms with Gasteiger partial charge in [0.05, 0.1) is 7.11 Å². The lowest BCUT2D eigenvalue weighted by Crippen LogP contribution is -1.96. The Kier molecular flexibility index (Phi) is 2.91. The minimum atomic E-state index is 0.771. The van der Waals surface area contributed by atoms with E-state index in [1.165, 1.54) is 0 Å². The van der Waals surface area contributed by atoms with Gasteiger partial charge >= 0.3 is 0 Å². The van der Waals surface area contributed by atoms with Crippen molar-refractivity contribution >= 4 is 29.6 Å². The molecule has 0 saturated carbocycles. The number of hydrogen-bond donors (Lipinski definition) is 0. The quantitative estimate of drug-likeness (QED) is 0.672. The lowest BCUT2D eigenvalue weighted by molar-refractivity contribution is 0.414. The van der Waals surface area contributed by atoms with Crippen LogP contribution in [0.25, 0.3) is 17.8 Å². The van der Waals surface area contributed by atoms with E-state index in [-0.39, 0.29) is 0 Å². The van der Waals surface area contributed by atoms with E-state index in [1.54, 1.807) is 18.9 Å². The zero-order chi connectivity index (χ0) is 13.4. The summed E-state index contributed by atoms with van der Waals surface area (Å²) in [6.07, 6.45) is 6.00. The Hall–Kier alpha value is -2.01. The Labute approximate surface area is 115 Å². The second-order valence-corrected chi connectivity index (χ2v) is 4.90. The Morgan fingerprint density at radius 1 is 1.32 bits per heavy atom. The van der Waals surface area contributed by atoms with Gasteiger partial charge in [0.2, 0.25) is 0 Å². The highest BCUT2D eigenvalue weighted by Gasteiger charge is 2.18. The molecule has 1 aromatic carbocycles. The van der Waals surface area contributed by atoms with Crippen molar-refractivity contribution in [2.24, 2.45) is 0 Å². The maximum absolute atomic E-state index is 5.27. The van der Waals surface area contributed by atoms with Crippen LogP contribution < -0.4 is 4.74 Å². The molecule has 2 heterocycles. The van der Waals surface area contributed by atoms with Gasteiger partial charge in [0.1, 0.15) is 5.75 Å². The van der Waals surface area contributed by atoms with Crippen LogP contribution >= 0.6 is 11.8 Å². The Balaban J connectivity index is 2.20. The summed E-state index contributed by atoms with van der Waals surface area (Å²) >= 11 is 1.56. The van der Waals surface area contributed by atoms with Gasteiger partial charge in [0, 0.05) is 11.8 Å². The molecule has 0 radical (unpaired) electrons. The van der Waals surface area contributed by atoms with E-state index in [2.05, 4.69) is 16.8 Å². The molecular weight excluding hydrogens is 258 g/mol. The van der Waals surface area contributed by atoms with Gasteiger partial charge in [0.25, 0.3) is 0 Å². The van der Waals surface area contributed by atoms with E-state index in [4.69, 9.17) is 4.74 Å². The van der Waals surface area contributed by atoms with Crippen LogP contribution in [0, 0.1) is 0 Å². The maximum atomic E-state index is 5.27. The number of fused-ring (bicyclic) bond motifs is 2. The lowest BCUT2D eigenvalue weighted by atomic mass is 10.0. The van der Waals surface area contributed by atoms with Gasteiger partial charge in [0.15, 0.2) is 11.0 Å². The topological polar surface area (TPSA) is 39.9 Å². The number of rotatable bonds is 2. The van der Waals surface area contributed by atoms with E-state index >= 15 is 0 Å². The number of ether oxygens (including phenoxy) is 1. The van der Waals surface area contributed by atoms with E-state index in [0.29, 0.717) is 0 Å². The molecule has 96 valence electrons. The molecule has 4 nitrogen and oxygen atoms in total. The molecule has 0 spiro atoms. The van der Waals surface area contributed by atoms with Gasteiger partial charge in [-0.15, -0.1) is 10.2 Å². The van der Waals surface area contributed by atoms with Crippen LogP contribution in [0.15, 0.2) is 29.9 Å². The fourth-order valence-corrected chi connectivity index (χ4v) is 2.57. The first-order chi connectivity index (χ1) is 9.24. The molecule has 5 heteroatoms. The monoisotopic (exact) mass is 271 g/mol. The number of hydrogen-bond acceptors (Lipinski definition) is 4. The third kappa shape index (κ3) is 1.86. The van der Waals surface area contributed by atoms with Crippen LogP contribution in [0.3, 0.4) is 0 Å². The third-order valence-corrected chi connectivity index (χ3v) is 3.75. The summed E-state index contributed by atoms with van der Waals surface area (Å²) in [5, 5.41) is 9.23. The molecule has 0 aliphatic carbocycles. The fourth-order valence-electron chi connectivity index (χ4n) is 2.10. The van der Waals surface area contributed by atoms with Gasteiger partial charge in [-0.25, -0.2) is 0 Å². The molecule has 19 heavy (non-hydrogen) atoms. The van der Waals surface area contributed by atoms with Crippen molar-refractivity contribution in [3.8, 4) is 5.75 Å². The Bertz CT molecular complexity index is 688. The molecule has 1 aromatic heterocycles. The van der Waals surface area contributed by atoms with E-state index < -0.39 is 0 Å². The van der Waals surface area contributed by atoms with Crippen molar-refractivity contribution < 1.29 is 4.74 Å². The van der Waals surface area contributed by atoms with Gasteiger partial charge in [-0.3, -0.25) is 4.57 Å². The van der Waals surface area contributed by atoms with Crippen LogP contribution in [0.2, 0.25) is 0 Å². The zero-order valence-corrected chi connectivity index (χ0v) is 11.6. The molecule has 3 rings (SSSR count). The predicted octanol–water partition coefficient (Wildman–Crippen LogP) is 3.01. The average molecular weight is 271 g/mol. The molecule has 0 atom stereocenters. The number of methoxy groups -OCH3 is 1. The molecular formula is C14H13N3OS. The van der Waals surface area contributed by atoms with Crippen molar-refractivity contribution in [1.29, 1.82) is 0 Å². The summed E-state index contributed by atoms with van der Waals surface area (Å²) in [4.78, 5) is 0. The zero-order valence-electron chi connectivity index (χ0n) is 10.8. The number of benzene rings is 1. The molecule has 2 aromatic rings. The first kappa shape index (κ1) is 12.0. The molecule has 1 aliphatic rings. The first-order valence-electron chi connectivity index (χ1n) is 5.79. The summed E-state index contributed by atoms with van der Waals surface area (Å²) in [5.41, 5.74) is 2.98. The van der Waals surface area contributed by atoms with Crippen LogP contribution in [-0.4, -0.2) is 28.1 Å². The summed E-state index contributed by atoms with van der Waals surface area (Å²) in [6, 6.07) is 5.94. The SMILES string of the molecule is C=C1c2cc(OC)ccc2C=Cn2c(SC)nnc21. The molecule has 1 aliphatic heterocycles. The van der Waals surface area contributed by atoms with Crippen molar-refractivity contribution in [2.75, 3.05) is 13.4 Å². The molecule has 0 fully saturated rings. The van der Waals surface area contributed by atoms with Gasteiger partial charge in [-0.2, -0.15) is 0 Å². The predicted molar refractivity (Wildman–Crippen MR) is 78.2 cm³/mol.